The van der Waals surface area contributed by atoms with Gasteiger partial charge in [-0.2, -0.15) is 0 Å². The molecule has 0 bridgehead atoms. The summed E-state index contributed by atoms with van der Waals surface area (Å²) in [5, 5.41) is 0.642. The monoisotopic (exact) mass is 311 g/mol. The Hall–Kier alpha value is -1.42. The Morgan fingerprint density at radius 1 is 1.43 bits per heavy atom. The van der Waals surface area contributed by atoms with Crippen molar-refractivity contribution in [2.24, 2.45) is 0 Å². The molecular weight excluding hydrogens is 290 g/mol. The molecule has 1 aromatic rings. The van der Waals surface area contributed by atoms with E-state index in [2.05, 4.69) is 0 Å². The van der Waals surface area contributed by atoms with Crippen LogP contribution in [0.5, 0.6) is 5.75 Å². The van der Waals surface area contributed by atoms with Crippen LogP contribution >= 0.6 is 11.6 Å². The Kier molecular flexibility index (Phi) is 4.99. The first-order chi connectivity index (χ1) is 9.85. The number of hydrogen-bond donors (Lipinski definition) is 0. The first kappa shape index (κ1) is 16.0. The molecule has 0 unspecified atom stereocenters. The normalized spacial score (nSPS) is 18.7. The summed E-state index contributed by atoms with van der Waals surface area (Å²) in [6.45, 7) is 6.80. The molecule has 0 radical (unpaired) electrons. The summed E-state index contributed by atoms with van der Waals surface area (Å²) in [5.41, 5.74) is -0.474. The highest BCUT2D eigenvalue weighted by molar-refractivity contribution is 6.30. The van der Waals surface area contributed by atoms with E-state index in [0.717, 1.165) is 25.1 Å². The van der Waals surface area contributed by atoms with Crippen molar-refractivity contribution in [3.63, 3.8) is 0 Å². The summed E-state index contributed by atoms with van der Waals surface area (Å²) in [5.74, 6) is 0.721. The molecule has 21 heavy (non-hydrogen) atoms. The molecule has 4 nitrogen and oxygen atoms in total. The van der Waals surface area contributed by atoms with E-state index in [1.54, 1.807) is 17.0 Å². The predicted molar refractivity (Wildman–Crippen MR) is 82.9 cm³/mol. The van der Waals surface area contributed by atoms with E-state index >= 15 is 0 Å². The maximum absolute atomic E-state index is 12.2. The number of ether oxygens (including phenoxy) is 2. The first-order valence-corrected chi connectivity index (χ1v) is 7.61. The van der Waals surface area contributed by atoms with E-state index in [1.807, 2.05) is 32.9 Å². The van der Waals surface area contributed by atoms with Crippen molar-refractivity contribution in [3.05, 3.63) is 29.3 Å². The average molecular weight is 312 g/mol. The number of nitrogens with zero attached hydrogens (tertiary/aromatic N) is 1. The molecule has 0 spiro atoms. The lowest BCUT2D eigenvalue weighted by Crippen LogP contribution is -2.42. The Bertz CT molecular complexity index is 499. The van der Waals surface area contributed by atoms with Crippen LogP contribution in [0, 0.1) is 0 Å². The van der Waals surface area contributed by atoms with Gasteiger partial charge in [0.15, 0.2) is 0 Å². The van der Waals surface area contributed by atoms with Gasteiger partial charge in [-0.15, -0.1) is 0 Å². The van der Waals surface area contributed by atoms with Gasteiger partial charge in [-0.25, -0.2) is 4.79 Å². The fraction of sp³-hybridized carbons (Fsp3) is 0.562. The second-order valence-corrected chi connectivity index (χ2v) is 6.67. The number of benzene rings is 1. The van der Waals surface area contributed by atoms with Crippen LogP contribution in [0.3, 0.4) is 0 Å². The number of rotatable bonds is 3. The zero-order valence-corrected chi connectivity index (χ0v) is 13.5. The Morgan fingerprint density at radius 2 is 2.19 bits per heavy atom. The van der Waals surface area contributed by atoms with Crippen LogP contribution in [0.1, 0.15) is 33.6 Å². The van der Waals surface area contributed by atoms with Gasteiger partial charge >= 0.3 is 6.09 Å². The van der Waals surface area contributed by atoms with Crippen LogP contribution in [0.4, 0.5) is 4.79 Å². The van der Waals surface area contributed by atoms with Crippen LogP contribution in [0.25, 0.3) is 0 Å². The maximum Gasteiger partial charge on any atom is 0.410 e. The summed E-state index contributed by atoms with van der Waals surface area (Å²) in [7, 11) is 0. The Balaban J connectivity index is 1.91. The van der Waals surface area contributed by atoms with Gasteiger partial charge in [0, 0.05) is 11.6 Å². The van der Waals surface area contributed by atoms with Gasteiger partial charge in [0.05, 0.1) is 6.04 Å². The fourth-order valence-electron chi connectivity index (χ4n) is 2.32. The van der Waals surface area contributed by atoms with E-state index in [0.29, 0.717) is 11.6 Å². The minimum Gasteiger partial charge on any atom is -0.491 e. The van der Waals surface area contributed by atoms with Crippen molar-refractivity contribution in [3.8, 4) is 5.75 Å². The minimum absolute atomic E-state index is 0.0545. The number of halogens is 1. The minimum atomic E-state index is -0.474. The number of hydrogen-bond acceptors (Lipinski definition) is 3. The van der Waals surface area contributed by atoms with Gasteiger partial charge in [0.2, 0.25) is 0 Å². The standard InChI is InChI=1S/C16H22ClNO3/c1-16(2,3)21-15(19)18-9-5-7-13(18)11-20-14-8-4-6-12(17)10-14/h4,6,8,10,13H,5,7,9,11H2,1-3H3/t13-/m0/s1. The molecule has 1 amide bonds. The molecule has 0 saturated carbocycles. The van der Waals surface area contributed by atoms with Crippen LogP contribution in [0.15, 0.2) is 24.3 Å². The lowest BCUT2D eigenvalue weighted by Gasteiger charge is -2.28. The van der Waals surface area contributed by atoms with E-state index < -0.39 is 5.60 Å². The second kappa shape index (κ2) is 6.56. The smallest absolute Gasteiger partial charge is 0.410 e. The van der Waals surface area contributed by atoms with Gasteiger partial charge in [-0.05, 0) is 51.8 Å². The predicted octanol–water partition coefficient (Wildman–Crippen LogP) is 4.12. The second-order valence-electron chi connectivity index (χ2n) is 6.24. The first-order valence-electron chi connectivity index (χ1n) is 7.23. The maximum atomic E-state index is 12.2. The molecule has 1 aromatic carbocycles. The van der Waals surface area contributed by atoms with Gasteiger partial charge in [-0.1, -0.05) is 17.7 Å². The number of amides is 1. The summed E-state index contributed by atoms with van der Waals surface area (Å²) < 4.78 is 11.2. The third kappa shape index (κ3) is 4.81. The topological polar surface area (TPSA) is 38.8 Å². The molecule has 1 saturated heterocycles. The molecule has 1 fully saturated rings. The van der Waals surface area contributed by atoms with Crippen molar-refractivity contribution in [1.82, 2.24) is 4.90 Å². The van der Waals surface area contributed by atoms with E-state index in [1.165, 1.54) is 0 Å². The summed E-state index contributed by atoms with van der Waals surface area (Å²) in [6.07, 6.45) is 1.64. The summed E-state index contributed by atoms with van der Waals surface area (Å²) in [6, 6.07) is 7.33. The molecule has 116 valence electrons. The Morgan fingerprint density at radius 3 is 2.86 bits per heavy atom. The molecular formula is C16H22ClNO3. The molecule has 5 heteroatoms. The van der Waals surface area contributed by atoms with Gasteiger partial charge in [0.1, 0.15) is 18.0 Å². The van der Waals surface area contributed by atoms with Crippen LogP contribution in [-0.4, -0.2) is 35.8 Å². The van der Waals surface area contributed by atoms with Crippen LogP contribution < -0.4 is 4.74 Å². The summed E-state index contributed by atoms with van der Waals surface area (Å²) >= 11 is 5.93. The third-order valence-corrected chi connectivity index (χ3v) is 3.48. The molecule has 1 heterocycles. The molecule has 0 aliphatic carbocycles. The lowest BCUT2D eigenvalue weighted by molar-refractivity contribution is 0.0187. The largest absolute Gasteiger partial charge is 0.491 e. The zero-order valence-electron chi connectivity index (χ0n) is 12.8. The lowest BCUT2D eigenvalue weighted by atomic mass is 10.2. The fourth-order valence-corrected chi connectivity index (χ4v) is 2.50. The molecule has 0 aromatic heterocycles. The molecule has 1 atom stereocenters. The van der Waals surface area contributed by atoms with Gasteiger partial charge in [0.25, 0.3) is 0 Å². The van der Waals surface area contributed by atoms with Crippen molar-refractivity contribution in [2.45, 2.75) is 45.3 Å². The highest BCUT2D eigenvalue weighted by atomic mass is 35.5. The summed E-state index contributed by atoms with van der Waals surface area (Å²) in [4.78, 5) is 13.9. The molecule has 2 rings (SSSR count). The van der Waals surface area contributed by atoms with E-state index in [4.69, 9.17) is 21.1 Å². The quantitative estimate of drug-likeness (QED) is 0.843. The number of likely N-dealkylation sites (tertiary alicyclic amines) is 1. The SMILES string of the molecule is CC(C)(C)OC(=O)N1CCC[C@H]1COc1cccc(Cl)c1. The van der Waals surface area contributed by atoms with Crippen molar-refractivity contribution in [1.29, 1.82) is 0 Å². The molecule has 1 aliphatic rings. The Labute approximate surface area is 131 Å². The van der Waals surface area contributed by atoms with Crippen molar-refractivity contribution < 1.29 is 14.3 Å². The van der Waals surface area contributed by atoms with E-state index in [9.17, 15) is 4.79 Å². The van der Waals surface area contributed by atoms with Crippen LogP contribution in [-0.2, 0) is 4.74 Å². The average Bonchev–Trinajstić information content (AvgIpc) is 2.83. The van der Waals surface area contributed by atoms with Gasteiger partial charge < -0.3 is 14.4 Å². The third-order valence-electron chi connectivity index (χ3n) is 3.24. The highest BCUT2D eigenvalue weighted by Crippen LogP contribution is 2.23. The zero-order chi connectivity index (χ0) is 15.5. The molecule has 1 aliphatic heterocycles. The van der Waals surface area contributed by atoms with E-state index in [-0.39, 0.29) is 12.1 Å². The number of carbonyl (C=O) groups excluding carboxylic acids is 1. The number of carbonyl (C=O) groups is 1. The molecule has 0 N–H and O–H groups in total. The van der Waals surface area contributed by atoms with Crippen molar-refractivity contribution in [2.75, 3.05) is 13.2 Å². The van der Waals surface area contributed by atoms with Gasteiger partial charge in [-0.3, -0.25) is 0 Å². The van der Waals surface area contributed by atoms with Crippen LogP contribution in [0.2, 0.25) is 5.02 Å². The van der Waals surface area contributed by atoms with Crippen molar-refractivity contribution >= 4 is 17.7 Å². The highest BCUT2D eigenvalue weighted by Gasteiger charge is 2.32.